The van der Waals surface area contributed by atoms with Crippen LogP contribution in [0.5, 0.6) is 0 Å². The predicted molar refractivity (Wildman–Crippen MR) is 68.0 cm³/mol. The van der Waals surface area contributed by atoms with Gasteiger partial charge in [-0.25, -0.2) is 0 Å². The number of nitrogens with one attached hydrogen (secondary N) is 1. The first-order chi connectivity index (χ1) is 8.13. The van der Waals surface area contributed by atoms with Gasteiger partial charge in [0.2, 0.25) is 5.91 Å². The van der Waals surface area contributed by atoms with Gasteiger partial charge < -0.3 is 10.1 Å². The Bertz CT molecular complexity index is 236. The number of nitrogens with zero attached hydrogens (tertiary/aromatic N) is 2. The standard InChI is InChI=1S/C12H25N3O2/c1-11-10-14(5-4-13-12(2)16)6-7-15(11)8-9-17-3/h11H,4-10H2,1-3H3,(H,13,16). The van der Waals surface area contributed by atoms with E-state index in [2.05, 4.69) is 22.0 Å². The fourth-order valence-electron chi connectivity index (χ4n) is 2.20. The van der Waals surface area contributed by atoms with Crippen molar-refractivity contribution in [2.24, 2.45) is 0 Å². The number of carbonyl (C=O) groups is 1. The van der Waals surface area contributed by atoms with Crippen LogP contribution in [0.15, 0.2) is 0 Å². The normalized spacial score (nSPS) is 22.6. The molecule has 0 spiro atoms. The molecule has 0 bridgehead atoms. The molecule has 0 aliphatic carbocycles. The van der Waals surface area contributed by atoms with Crippen molar-refractivity contribution in [1.29, 1.82) is 0 Å². The summed E-state index contributed by atoms with van der Waals surface area (Å²) >= 11 is 0. The molecule has 0 aromatic rings. The van der Waals surface area contributed by atoms with E-state index in [1.54, 1.807) is 14.0 Å². The highest BCUT2D eigenvalue weighted by atomic mass is 16.5. The molecule has 1 heterocycles. The molecule has 100 valence electrons. The predicted octanol–water partition coefficient (Wildman–Crippen LogP) is -0.225. The van der Waals surface area contributed by atoms with Crippen LogP contribution < -0.4 is 5.32 Å². The van der Waals surface area contributed by atoms with Crippen molar-refractivity contribution >= 4 is 5.91 Å². The van der Waals surface area contributed by atoms with Crippen molar-refractivity contribution in [2.45, 2.75) is 19.9 Å². The molecule has 0 saturated carbocycles. The minimum absolute atomic E-state index is 0.0526. The summed E-state index contributed by atoms with van der Waals surface area (Å²) in [6, 6.07) is 0.566. The molecule has 5 heteroatoms. The smallest absolute Gasteiger partial charge is 0.216 e. The summed E-state index contributed by atoms with van der Waals surface area (Å²) in [5.41, 5.74) is 0. The minimum atomic E-state index is 0.0526. The number of hydrogen-bond donors (Lipinski definition) is 1. The monoisotopic (exact) mass is 243 g/mol. The maximum Gasteiger partial charge on any atom is 0.216 e. The number of carbonyl (C=O) groups excluding carboxylic acids is 1. The average molecular weight is 243 g/mol. The quantitative estimate of drug-likeness (QED) is 0.700. The number of rotatable bonds is 6. The lowest BCUT2D eigenvalue weighted by Crippen LogP contribution is -2.53. The van der Waals surface area contributed by atoms with Crippen molar-refractivity contribution in [2.75, 3.05) is 53.0 Å². The van der Waals surface area contributed by atoms with Crippen LogP contribution >= 0.6 is 0 Å². The van der Waals surface area contributed by atoms with E-state index in [1.165, 1.54) is 0 Å². The Morgan fingerprint density at radius 1 is 1.41 bits per heavy atom. The number of ether oxygens (including phenoxy) is 1. The van der Waals surface area contributed by atoms with Gasteiger partial charge in [-0.15, -0.1) is 0 Å². The SMILES string of the molecule is COCCN1CCN(CCNC(C)=O)CC1C. The Morgan fingerprint density at radius 2 is 2.18 bits per heavy atom. The molecule has 1 N–H and O–H groups in total. The summed E-state index contributed by atoms with van der Waals surface area (Å²) in [4.78, 5) is 15.6. The average Bonchev–Trinajstić information content (AvgIpc) is 2.27. The fraction of sp³-hybridized carbons (Fsp3) is 0.917. The molecule has 17 heavy (non-hydrogen) atoms. The summed E-state index contributed by atoms with van der Waals surface area (Å²) < 4.78 is 5.11. The minimum Gasteiger partial charge on any atom is -0.383 e. The number of amides is 1. The van der Waals surface area contributed by atoms with Gasteiger partial charge in [-0.05, 0) is 6.92 Å². The maximum atomic E-state index is 10.8. The molecule has 1 aliphatic rings. The largest absolute Gasteiger partial charge is 0.383 e. The van der Waals surface area contributed by atoms with Crippen molar-refractivity contribution in [3.05, 3.63) is 0 Å². The molecule has 1 atom stereocenters. The number of hydrogen-bond acceptors (Lipinski definition) is 4. The van der Waals surface area contributed by atoms with Gasteiger partial charge in [0.25, 0.3) is 0 Å². The van der Waals surface area contributed by atoms with E-state index in [9.17, 15) is 4.79 Å². The first-order valence-corrected chi connectivity index (χ1v) is 6.33. The number of methoxy groups -OCH3 is 1. The second-order valence-electron chi connectivity index (χ2n) is 4.66. The maximum absolute atomic E-state index is 10.8. The molecule has 1 aliphatic heterocycles. The third kappa shape index (κ3) is 5.48. The Morgan fingerprint density at radius 3 is 2.76 bits per heavy atom. The topological polar surface area (TPSA) is 44.8 Å². The lowest BCUT2D eigenvalue weighted by atomic mass is 10.2. The number of piperazine rings is 1. The van der Waals surface area contributed by atoms with Crippen molar-refractivity contribution < 1.29 is 9.53 Å². The molecule has 1 saturated heterocycles. The molecule has 0 aromatic carbocycles. The summed E-state index contributed by atoms with van der Waals surface area (Å²) in [5, 5.41) is 2.84. The highest BCUT2D eigenvalue weighted by Gasteiger charge is 2.22. The lowest BCUT2D eigenvalue weighted by Gasteiger charge is -2.39. The van der Waals surface area contributed by atoms with E-state index >= 15 is 0 Å². The van der Waals surface area contributed by atoms with Crippen LogP contribution in [0.25, 0.3) is 0 Å². The van der Waals surface area contributed by atoms with Gasteiger partial charge in [0, 0.05) is 59.3 Å². The van der Waals surface area contributed by atoms with Crippen LogP contribution in [0.4, 0.5) is 0 Å². The summed E-state index contributed by atoms with van der Waals surface area (Å²) in [6.45, 7) is 10.6. The van der Waals surface area contributed by atoms with Gasteiger partial charge in [-0.2, -0.15) is 0 Å². The first kappa shape index (κ1) is 14.4. The van der Waals surface area contributed by atoms with Crippen LogP contribution in [-0.2, 0) is 9.53 Å². The van der Waals surface area contributed by atoms with Crippen LogP contribution in [0.2, 0.25) is 0 Å². The van der Waals surface area contributed by atoms with E-state index < -0.39 is 0 Å². The molecule has 0 radical (unpaired) electrons. The second-order valence-corrected chi connectivity index (χ2v) is 4.66. The molecular formula is C12H25N3O2. The zero-order chi connectivity index (χ0) is 12.7. The molecule has 5 nitrogen and oxygen atoms in total. The van der Waals surface area contributed by atoms with Gasteiger partial charge in [-0.1, -0.05) is 0 Å². The van der Waals surface area contributed by atoms with Crippen LogP contribution in [0, 0.1) is 0 Å². The highest BCUT2D eigenvalue weighted by molar-refractivity contribution is 5.72. The summed E-state index contributed by atoms with van der Waals surface area (Å²) in [7, 11) is 1.74. The zero-order valence-electron chi connectivity index (χ0n) is 11.2. The second kappa shape index (κ2) is 7.63. The van der Waals surface area contributed by atoms with E-state index in [0.29, 0.717) is 6.04 Å². The van der Waals surface area contributed by atoms with Gasteiger partial charge >= 0.3 is 0 Å². The fourth-order valence-corrected chi connectivity index (χ4v) is 2.20. The Hall–Kier alpha value is -0.650. The summed E-state index contributed by atoms with van der Waals surface area (Å²) in [5.74, 6) is 0.0526. The van der Waals surface area contributed by atoms with Gasteiger partial charge in [0.15, 0.2) is 0 Å². The van der Waals surface area contributed by atoms with Gasteiger partial charge in [-0.3, -0.25) is 14.6 Å². The van der Waals surface area contributed by atoms with E-state index in [-0.39, 0.29) is 5.91 Å². The van der Waals surface area contributed by atoms with E-state index in [0.717, 1.165) is 45.9 Å². The van der Waals surface area contributed by atoms with E-state index in [4.69, 9.17) is 4.74 Å². The van der Waals surface area contributed by atoms with Crippen molar-refractivity contribution in [3.8, 4) is 0 Å². The zero-order valence-corrected chi connectivity index (χ0v) is 11.2. The molecule has 1 amide bonds. The van der Waals surface area contributed by atoms with E-state index in [1.807, 2.05) is 0 Å². The lowest BCUT2D eigenvalue weighted by molar-refractivity contribution is -0.119. The van der Waals surface area contributed by atoms with Crippen LogP contribution in [0.3, 0.4) is 0 Å². The molecule has 1 fully saturated rings. The first-order valence-electron chi connectivity index (χ1n) is 6.33. The van der Waals surface area contributed by atoms with Crippen LogP contribution in [-0.4, -0.2) is 74.7 Å². The van der Waals surface area contributed by atoms with Gasteiger partial charge in [0.1, 0.15) is 0 Å². The third-order valence-electron chi connectivity index (χ3n) is 3.23. The molecule has 1 rings (SSSR count). The molecular weight excluding hydrogens is 218 g/mol. The van der Waals surface area contributed by atoms with Crippen molar-refractivity contribution in [1.82, 2.24) is 15.1 Å². The molecule has 1 unspecified atom stereocenters. The Kier molecular flexibility index (Phi) is 6.47. The highest BCUT2D eigenvalue weighted by Crippen LogP contribution is 2.08. The van der Waals surface area contributed by atoms with Gasteiger partial charge in [0.05, 0.1) is 6.61 Å². The Balaban J connectivity index is 2.19. The van der Waals surface area contributed by atoms with Crippen molar-refractivity contribution in [3.63, 3.8) is 0 Å². The summed E-state index contributed by atoms with van der Waals surface area (Å²) in [6.07, 6.45) is 0. The Labute approximate surface area is 104 Å². The third-order valence-corrected chi connectivity index (χ3v) is 3.23. The van der Waals surface area contributed by atoms with Crippen LogP contribution in [0.1, 0.15) is 13.8 Å². The molecule has 0 aromatic heterocycles.